The molecule has 6 nitrogen and oxygen atoms in total. The van der Waals surface area contributed by atoms with Gasteiger partial charge in [0.1, 0.15) is 12.4 Å². The van der Waals surface area contributed by atoms with Gasteiger partial charge in [0.2, 0.25) is 15.9 Å². The molecule has 1 aliphatic heterocycles. The van der Waals surface area contributed by atoms with Crippen LogP contribution >= 0.6 is 0 Å². The van der Waals surface area contributed by atoms with Crippen molar-refractivity contribution in [1.82, 2.24) is 9.62 Å². The van der Waals surface area contributed by atoms with Gasteiger partial charge in [-0.15, -0.1) is 0 Å². The van der Waals surface area contributed by atoms with Crippen molar-refractivity contribution in [1.29, 1.82) is 0 Å². The third-order valence-corrected chi connectivity index (χ3v) is 5.15. The maximum atomic E-state index is 12.1. The number of sulfonamides is 1. The van der Waals surface area contributed by atoms with Crippen LogP contribution in [0.15, 0.2) is 24.3 Å². The van der Waals surface area contributed by atoms with Gasteiger partial charge in [0.15, 0.2) is 0 Å². The number of nitrogens with one attached hydrogen (secondary N) is 1. The number of carbonyl (C=O) groups is 1. The molecule has 1 fully saturated rings. The highest BCUT2D eigenvalue weighted by molar-refractivity contribution is 7.88. The van der Waals surface area contributed by atoms with E-state index in [0.717, 1.165) is 17.7 Å². The average molecular weight is 340 g/mol. The van der Waals surface area contributed by atoms with Gasteiger partial charge in [0.05, 0.1) is 18.7 Å². The van der Waals surface area contributed by atoms with Crippen LogP contribution in [0.5, 0.6) is 5.75 Å². The number of hydrogen-bond donors (Lipinski definition) is 1. The number of rotatable bonds is 6. The number of ether oxygens (including phenoxy) is 1. The number of benzene rings is 1. The normalized spacial score (nSPS) is 19.3. The van der Waals surface area contributed by atoms with Gasteiger partial charge in [-0.3, -0.25) is 4.79 Å². The molecule has 2 rings (SSSR count). The largest absolute Gasteiger partial charge is 0.492 e. The van der Waals surface area contributed by atoms with Crippen LogP contribution in [0, 0.1) is 12.8 Å². The molecular formula is C16H24N2O4S. The first-order valence-corrected chi connectivity index (χ1v) is 9.63. The number of piperidine rings is 1. The van der Waals surface area contributed by atoms with Gasteiger partial charge < -0.3 is 10.1 Å². The molecule has 128 valence electrons. The number of hydrogen-bond acceptors (Lipinski definition) is 4. The molecular weight excluding hydrogens is 316 g/mol. The minimum atomic E-state index is -3.23. The number of aryl methyl sites for hydroxylation is 1. The fraction of sp³-hybridized carbons (Fsp3) is 0.562. The van der Waals surface area contributed by atoms with Gasteiger partial charge in [-0.2, -0.15) is 0 Å². The molecule has 1 aromatic rings. The van der Waals surface area contributed by atoms with Gasteiger partial charge in [-0.05, 0) is 37.5 Å². The van der Waals surface area contributed by atoms with E-state index in [4.69, 9.17) is 4.74 Å². The number of amides is 1. The Hall–Kier alpha value is -1.60. The second-order valence-electron chi connectivity index (χ2n) is 5.92. The summed E-state index contributed by atoms with van der Waals surface area (Å²) in [7, 11) is -3.23. The van der Waals surface area contributed by atoms with Gasteiger partial charge in [-0.25, -0.2) is 12.7 Å². The molecule has 0 saturated carbocycles. The zero-order chi connectivity index (χ0) is 16.9. The first-order chi connectivity index (χ1) is 10.9. The van der Waals surface area contributed by atoms with E-state index >= 15 is 0 Å². The highest BCUT2D eigenvalue weighted by atomic mass is 32.2. The Labute approximate surface area is 137 Å². The molecule has 7 heteroatoms. The SMILES string of the molecule is Cc1cccc(OCCNC(=O)C2CCCN(S(C)(=O)=O)C2)c1. The van der Waals surface area contributed by atoms with Crippen molar-refractivity contribution in [3.8, 4) is 5.75 Å². The maximum absolute atomic E-state index is 12.1. The first kappa shape index (κ1) is 17.7. The molecule has 0 spiro atoms. The second kappa shape index (κ2) is 7.79. The van der Waals surface area contributed by atoms with Gasteiger partial charge in [0, 0.05) is 13.1 Å². The highest BCUT2D eigenvalue weighted by Gasteiger charge is 2.29. The molecule has 1 atom stereocenters. The van der Waals surface area contributed by atoms with Crippen LogP contribution in [0.4, 0.5) is 0 Å². The lowest BCUT2D eigenvalue weighted by atomic mass is 9.99. The van der Waals surface area contributed by atoms with Crippen LogP contribution in [0.2, 0.25) is 0 Å². The summed E-state index contributed by atoms with van der Waals surface area (Å²) in [6.07, 6.45) is 2.62. The standard InChI is InChI=1S/C16H24N2O4S/c1-13-5-3-7-15(11-13)22-10-8-17-16(19)14-6-4-9-18(12-14)23(2,20)21/h3,5,7,11,14H,4,6,8-10,12H2,1-2H3,(H,17,19). The minimum absolute atomic E-state index is 0.105. The highest BCUT2D eigenvalue weighted by Crippen LogP contribution is 2.18. The van der Waals surface area contributed by atoms with E-state index in [1.165, 1.54) is 10.6 Å². The molecule has 0 bridgehead atoms. The zero-order valence-corrected chi connectivity index (χ0v) is 14.4. The second-order valence-corrected chi connectivity index (χ2v) is 7.90. The third kappa shape index (κ3) is 5.51. The average Bonchev–Trinajstić information content (AvgIpc) is 2.51. The van der Waals surface area contributed by atoms with Gasteiger partial charge in [-0.1, -0.05) is 12.1 Å². The summed E-state index contributed by atoms with van der Waals surface area (Å²) in [4.78, 5) is 12.1. The van der Waals surface area contributed by atoms with E-state index in [0.29, 0.717) is 26.1 Å². The van der Waals surface area contributed by atoms with E-state index in [1.807, 2.05) is 31.2 Å². The molecule has 0 aromatic heterocycles. The van der Waals surface area contributed by atoms with E-state index in [1.54, 1.807) is 0 Å². The van der Waals surface area contributed by atoms with Crippen molar-refractivity contribution in [2.45, 2.75) is 19.8 Å². The Kier molecular flexibility index (Phi) is 6.01. The Balaban J connectivity index is 1.74. The molecule has 0 aliphatic carbocycles. The quantitative estimate of drug-likeness (QED) is 0.789. The summed E-state index contributed by atoms with van der Waals surface area (Å²) in [6, 6.07) is 7.73. The molecule has 1 saturated heterocycles. The van der Waals surface area contributed by atoms with Crippen LogP contribution in [0.3, 0.4) is 0 Å². The van der Waals surface area contributed by atoms with Crippen molar-refractivity contribution in [3.05, 3.63) is 29.8 Å². The summed E-state index contributed by atoms with van der Waals surface area (Å²) < 4.78 is 30.1. The molecule has 0 radical (unpaired) electrons. The fourth-order valence-corrected chi connectivity index (χ4v) is 3.56. The van der Waals surface area contributed by atoms with Crippen molar-refractivity contribution >= 4 is 15.9 Å². The third-order valence-electron chi connectivity index (χ3n) is 3.88. The summed E-state index contributed by atoms with van der Waals surface area (Å²) in [5.41, 5.74) is 1.12. The maximum Gasteiger partial charge on any atom is 0.224 e. The Morgan fingerprint density at radius 1 is 1.43 bits per heavy atom. The van der Waals surface area contributed by atoms with Crippen LogP contribution in [0.25, 0.3) is 0 Å². The van der Waals surface area contributed by atoms with E-state index in [9.17, 15) is 13.2 Å². The molecule has 1 aromatic carbocycles. The summed E-state index contributed by atoms with van der Waals surface area (Å²) in [5, 5.41) is 2.82. The Morgan fingerprint density at radius 2 is 2.22 bits per heavy atom. The summed E-state index contributed by atoms with van der Waals surface area (Å²) >= 11 is 0. The van der Waals surface area contributed by atoms with Crippen LogP contribution in [-0.4, -0.2) is 51.1 Å². The number of nitrogens with zero attached hydrogens (tertiary/aromatic N) is 1. The Bertz CT molecular complexity index is 645. The lowest BCUT2D eigenvalue weighted by molar-refractivity contribution is -0.126. The first-order valence-electron chi connectivity index (χ1n) is 7.78. The van der Waals surface area contributed by atoms with E-state index in [2.05, 4.69) is 5.32 Å². The topological polar surface area (TPSA) is 75.7 Å². The van der Waals surface area contributed by atoms with Gasteiger partial charge >= 0.3 is 0 Å². The van der Waals surface area contributed by atoms with Crippen LogP contribution < -0.4 is 10.1 Å². The predicted octanol–water partition coefficient (Wildman–Crippen LogP) is 1.16. The van der Waals surface area contributed by atoms with Crippen LogP contribution in [-0.2, 0) is 14.8 Å². The van der Waals surface area contributed by atoms with E-state index in [-0.39, 0.29) is 18.4 Å². The zero-order valence-electron chi connectivity index (χ0n) is 13.6. The van der Waals surface area contributed by atoms with Crippen LogP contribution in [0.1, 0.15) is 18.4 Å². The lowest BCUT2D eigenvalue weighted by Crippen LogP contribution is -2.45. The Morgan fingerprint density at radius 3 is 2.91 bits per heavy atom. The number of carbonyl (C=O) groups excluding carboxylic acids is 1. The van der Waals surface area contributed by atoms with Crippen molar-refractivity contribution < 1.29 is 17.9 Å². The van der Waals surface area contributed by atoms with Crippen molar-refractivity contribution in [3.63, 3.8) is 0 Å². The molecule has 1 aliphatic rings. The smallest absolute Gasteiger partial charge is 0.224 e. The molecule has 1 N–H and O–H groups in total. The molecule has 1 unspecified atom stereocenters. The molecule has 1 heterocycles. The monoisotopic (exact) mass is 340 g/mol. The predicted molar refractivity (Wildman–Crippen MR) is 88.8 cm³/mol. The summed E-state index contributed by atoms with van der Waals surface area (Å²) in [6.45, 7) is 3.55. The van der Waals surface area contributed by atoms with Crippen molar-refractivity contribution in [2.75, 3.05) is 32.5 Å². The molecule has 1 amide bonds. The lowest BCUT2D eigenvalue weighted by Gasteiger charge is -2.30. The molecule has 23 heavy (non-hydrogen) atoms. The van der Waals surface area contributed by atoms with Gasteiger partial charge in [0.25, 0.3) is 0 Å². The summed E-state index contributed by atoms with van der Waals surface area (Å²) in [5.74, 6) is 0.392. The van der Waals surface area contributed by atoms with E-state index < -0.39 is 10.0 Å². The van der Waals surface area contributed by atoms with Crippen molar-refractivity contribution in [2.24, 2.45) is 5.92 Å². The fourth-order valence-electron chi connectivity index (χ4n) is 2.65. The minimum Gasteiger partial charge on any atom is -0.492 e.